The van der Waals surface area contributed by atoms with Crippen LogP contribution in [0.1, 0.15) is 31.4 Å². The molecule has 0 saturated carbocycles. The summed E-state index contributed by atoms with van der Waals surface area (Å²) in [6.45, 7) is 2.65. The Balaban J connectivity index is 2.67. The van der Waals surface area contributed by atoms with Gasteiger partial charge in [0.25, 0.3) is 5.69 Å². The van der Waals surface area contributed by atoms with Crippen LogP contribution in [-0.2, 0) is 4.74 Å². The number of nitrogens with two attached hydrogens (primary N) is 1. The van der Waals surface area contributed by atoms with Crippen molar-refractivity contribution in [3.8, 4) is 0 Å². The fourth-order valence-electron chi connectivity index (χ4n) is 1.92. The third kappa shape index (κ3) is 5.23. The first kappa shape index (κ1) is 15.9. The Morgan fingerprint density at radius 3 is 2.90 bits per heavy atom. The van der Waals surface area contributed by atoms with E-state index in [2.05, 4.69) is 10.1 Å². The number of hydrogen-bond donors (Lipinski definition) is 2. The molecule has 0 radical (unpaired) electrons. The van der Waals surface area contributed by atoms with Gasteiger partial charge in [0.15, 0.2) is 0 Å². The maximum atomic E-state index is 10.8. The molecule has 0 fully saturated rings. The van der Waals surface area contributed by atoms with Gasteiger partial charge in [-0.1, -0.05) is 25.5 Å². The van der Waals surface area contributed by atoms with E-state index >= 15 is 0 Å². The third-order valence-corrected chi connectivity index (χ3v) is 2.80. The summed E-state index contributed by atoms with van der Waals surface area (Å²) in [5.74, 6) is 0. The molecule has 7 nitrogen and oxygen atoms in total. The Morgan fingerprint density at radius 2 is 2.30 bits per heavy atom. The molecular weight excluding hydrogens is 262 g/mol. The zero-order chi connectivity index (χ0) is 15.0. The summed E-state index contributed by atoms with van der Waals surface area (Å²) in [7, 11) is 0. The molecule has 0 bridgehead atoms. The van der Waals surface area contributed by atoms with Crippen LogP contribution in [0.3, 0.4) is 0 Å². The summed E-state index contributed by atoms with van der Waals surface area (Å²) in [6, 6.07) is 6.51. The fraction of sp³-hybridized carbons (Fsp3) is 0.462. The van der Waals surface area contributed by atoms with Crippen molar-refractivity contribution < 1.29 is 14.5 Å². The topological polar surface area (TPSA) is 107 Å². The summed E-state index contributed by atoms with van der Waals surface area (Å²) in [5.41, 5.74) is 5.78. The van der Waals surface area contributed by atoms with Gasteiger partial charge in [-0.25, -0.2) is 4.79 Å². The van der Waals surface area contributed by atoms with E-state index in [1.807, 2.05) is 13.0 Å². The lowest BCUT2D eigenvalue weighted by atomic mass is 10.0. The highest BCUT2D eigenvalue weighted by Gasteiger charge is 2.13. The van der Waals surface area contributed by atoms with Crippen molar-refractivity contribution >= 4 is 11.8 Å². The van der Waals surface area contributed by atoms with E-state index < -0.39 is 11.0 Å². The van der Waals surface area contributed by atoms with Crippen molar-refractivity contribution in [2.75, 3.05) is 13.2 Å². The number of ether oxygens (including phenoxy) is 1. The predicted molar refractivity (Wildman–Crippen MR) is 74.3 cm³/mol. The number of nitro groups is 1. The lowest BCUT2D eigenvalue weighted by Crippen LogP contribution is -2.27. The van der Waals surface area contributed by atoms with E-state index in [-0.39, 0.29) is 18.3 Å². The van der Waals surface area contributed by atoms with Crippen LogP contribution in [0.25, 0.3) is 0 Å². The molecule has 0 saturated heterocycles. The SMILES string of the molecule is CCCC(NCCOC(N)=O)c1cccc([N+](=O)[O-])c1. The van der Waals surface area contributed by atoms with Gasteiger partial charge >= 0.3 is 6.09 Å². The minimum absolute atomic E-state index is 0.0172. The first-order valence-corrected chi connectivity index (χ1v) is 6.44. The molecule has 0 spiro atoms. The van der Waals surface area contributed by atoms with Crippen molar-refractivity contribution in [1.82, 2.24) is 5.32 Å². The molecule has 1 unspecified atom stereocenters. The number of non-ortho nitro benzene ring substituents is 1. The number of nitro benzene ring substituents is 1. The van der Waals surface area contributed by atoms with E-state index in [1.54, 1.807) is 12.1 Å². The van der Waals surface area contributed by atoms with Gasteiger partial charge < -0.3 is 15.8 Å². The molecule has 1 rings (SSSR count). The van der Waals surface area contributed by atoms with Crippen LogP contribution in [0.4, 0.5) is 10.5 Å². The van der Waals surface area contributed by atoms with Gasteiger partial charge in [-0.05, 0) is 12.0 Å². The van der Waals surface area contributed by atoms with Crippen molar-refractivity contribution in [3.63, 3.8) is 0 Å². The smallest absolute Gasteiger partial charge is 0.404 e. The van der Waals surface area contributed by atoms with Gasteiger partial charge in [0.1, 0.15) is 6.61 Å². The first-order chi connectivity index (χ1) is 9.54. The normalized spacial score (nSPS) is 11.8. The Hall–Kier alpha value is -2.15. The number of nitrogens with zero attached hydrogens (tertiary/aromatic N) is 1. The second-order valence-electron chi connectivity index (χ2n) is 4.31. The Bertz CT molecular complexity index is 465. The van der Waals surface area contributed by atoms with Crippen LogP contribution in [-0.4, -0.2) is 24.2 Å². The second-order valence-corrected chi connectivity index (χ2v) is 4.31. The number of primary amides is 1. The molecule has 110 valence electrons. The number of benzene rings is 1. The highest BCUT2D eigenvalue weighted by atomic mass is 16.6. The molecule has 7 heteroatoms. The van der Waals surface area contributed by atoms with Gasteiger partial charge in [-0.15, -0.1) is 0 Å². The molecule has 0 aliphatic heterocycles. The van der Waals surface area contributed by atoms with Crippen molar-refractivity contribution in [2.45, 2.75) is 25.8 Å². The number of nitrogens with one attached hydrogen (secondary N) is 1. The Kier molecular flexibility index (Phi) is 6.45. The summed E-state index contributed by atoms with van der Waals surface area (Å²) < 4.78 is 4.64. The van der Waals surface area contributed by atoms with Crippen molar-refractivity contribution in [2.24, 2.45) is 5.73 Å². The summed E-state index contributed by atoms with van der Waals surface area (Å²) in [4.78, 5) is 20.8. The average Bonchev–Trinajstić information content (AvgIpc) is 2.42. The van der Waals surface area contributed by atoms with Gasteiger partial charge in [-0.2, -0.15) is 0 Å². The van der Waals surface area contributed by atoms with Gasteiger partial charge in [0.05, 0.1) is 4.92 Å². The van der Waals surface area contributed by atoms with E-state index in [4.69, 9.17) is 5.73 Å². The van der Waals surface area contributed by atoms with Crippen LogP contribution >= 0.6 is 0 Å². The zero-order valence-corrected chi connectivity index (χ0v) is 11.4. The van der Waals surface area contributed by atoms with Crippen LogP contribution in [0.2, 0.25) is 0 Å². The lowest BCUT2D eigenvalue weighted by molar-refractivity contribution is -0.384. The Morgan fingerprint density at radius 1 is 1.55 bits per heavy atom. The number of rotatable bonds is 8. The first-order valence-electron chi connectivity index (χ1n) is 6.44. The van der Waals surface area contributed by atoms with Crippen molar-refractivity contribution in [1.29, 1.82) is 0 Å². The van der Waals surface area contributed by atoms with Gasteiger partial charge in [-0.3, -0.25) is 10.1 Å². The summed E-state index contributed by atoms with van der Waals surface area (Å²) in [5, 5.41) is 14.0. The molecular formula is C13H19N3O4. The quantitative estimate of drug-likeness (QED) is 0.431. The van der Waals surface area contributed by atoms with Crippen LogP contribution in [0.5, 0.6) is 0 Å². The van der Waals surface area contributed by atoms with E-state index in [0.717, 1.165) is 18.4 Å². The number of hydrogen-bond acceptors (Lipinski definition) is 5. The second kappa shape index (κ2) is 8.11. The van der Waals surface area contributed by atoms with Gasteiger partial charge in [0.2, 0.25) is 0 Å². The molecule has 1 atom stereocenters. The fourth-order valence-corrected chi connectivity index (χ4v) is 1.92. The molecule has 0 heterocycles. The minimum Gasteiger partial charge on any atom is -0.448 e. The van der Waals surface area contributed by atoms with E-state index in [1.165, 1.54) is 6.07 Å². The highest BCUT2D eigenvalue weighted by molar-refractivity contribution is 5.64. The number of amides is 1. The molecule has 0 aliphatic carbocycles. The minimum atomic E-state index is -0.811. The monoisotopic (exact) mass is 281 g/mol. The lowest BCUT2D eigenvalue weighted by Gasteiger charge is -2.18. The highest BCUT2D eigenvalue weighted by Crippen LogP contribution is 2.22. The summed E-state index contributed by atoms with van der Waals surface area (Å²) >= 11 is 0. The molecule has 0 aliphatic rings. The zero-order valence-electron chi connectivity index (χ0n) is 11.4. The maximum Gasteiger partial charge on any atom is 0.404 e. The van der Waals surface area contributed by atoms with Crippen LogP contribution in [0.15, 0.2) is 24.3 Å². The molecule has 0 aromatic heterocycles. The molecule has 1 aromatic carbocycles. The van der Waals surface area contributed by atoms with Crippen LogP contribution < -0.4 is 11.1 Å². The number of carbonyl (C=O) groups is 1. The average molecular weight is 281 g/mol. The van der Waals surface area contributed by atoms with E-state index in [0.29, 0.717) is 6.54 Å². The van der Waals surface area contributed by atoms with Crippen molar-refractivity contribution in [3.05, 3.63) is 39.9 Å². The molecule has 1 aromatic rings. The van der Waals surface area contributed by atoms with Gasteiger partial charge in [0, 0.05) is 24.7 Å². The third-order valence-electron chi connectivity index (χ3n) is 2.80. The van der Waals surface area contributed by atoms with E-state index in [9.17, 15) is 14.9 Å². The number of carbonyl (C=O) groups excluding carboxylic acids is 1. The summed E-state index contributed by atoms with van der Waals surface area (Å²) in [6.07, 6.45) is 0.948. The maximum absolute atomic E-state index is 10.8. The standard InChI is InChI=1S/C13H19N3O4/c1-2-4-12(15-7-8-20-13(14)17)10-5-3-6-11(9-10)16(18)19/h3,5-6,9,12,15H,2,4,7-8H2,1H3,(H2,14,17). The van der Waals surface area contributed by atoms with Crippen LogP contribution in [0, 0.1) is 10.1 Å². The molecule has 3 N–H and O–H groups in total. The molecule has 20 heavy (non-hydrogen) atoms. The molecule has 1 amide bonds. The largest absolute Gasteiger partial charge is 0.448 e. The predicted octanol–water partition coefficient (Wildman–Crippen LogP) is 2.12. The Labute approximate surface area is 117 Å².